The van der Waals surface area contributed by atoms with Gasteiger partial charge >= 0.3 is 5.97 Å². The Kier molecular flexibility index (Phi) is 5.11. The Hall–Kier alpha value is -2.41. The number of nitrogens with one attached hydrogen (secondary N) is 2. The molecule has 0 spiro atoms. The first kappa shape index (κ1) is 16.0. The second kappa shape index (κ2) is 7.04. The maximum Gasteiger partial charge on any atom is 0.343 e. The number of nitrogens with zero attached hydrogens (tertiary/aromatic N) is 1. The zero-order chi connectivity index (χ0) is 16.1. The monoisotopic (exact) mass is 319 g/mol. The molecule has 0 aliphatic rings. The van der Waals surface area contributed by atoms with Crippen LogP contribution in [0.2, 0.25) is 0 Å². The molecule has 0 saturated carbocycles. The first-order chi connectivity index (χ1) is 10.5. The van der Waals surface area contributed by atoms with E-state index in [1.54, 1.807) is 26.1 Å². The van der Waals surface area contributed by atoms with Crippen molar-refractivity contribution in [1.82, 2.24) is 4.37 Å². The molecule has 2 aromatic rings. The van der Waals surface area contributed by atoms with Gasteiger partial charge in [0.05, 0.1) is 5.69 Å². The zero-order valence-corrected chi connectivity index (χ0v) is 13.4. The Labute approximate surface area is 132 Å². The summed E-state index contributed by atoms with van der Waals surface area (Å²) in [6.45, 7) is 3.26. The van der Waals surface area contributed by atoms with E-state index in [1.165, 1.54) is 18.5 Å². The minimum absolute atomic E-state index is 0.367. The molecular formula is C15H17N3O3S. The Morgan fingerprint density at radius 1 is 1.27 bits per heavy atom. The summed E-state index contributed by atoms with van der Waals surface area (Å²) in [6, 6.07) is 9.00. The van der Waals surface area contributed by atoms with E-state index in [9.17, 15) is 9.59 Å². The van der Waals surface area contributed by atoms with Crippen molar-refractivity contribution >= 4 is 34.1 Å². The summed E-state index contributed by atoms with van der Waals surface area (Å²) in [4.78, 5) is 24.2. The zero-order valence-electron chi connectivity index (χ0n) is 12.5. The number of carbonyl (C=O) groups is 2. The first-order valence-electron chi connectivity index (χ1n) is 6.74. The smallest absolute Gasteiger partial charge is 0.343 e. The van der Waals surface area contributed by atoms with Gasteiger partial charge in [-0.25, -0.2) is 4.79 Å². The van der Waals surface area contributed by atoms with E-state index >= 15 is 0 Å². The molecule has 0 aliphatic heterocycles. The SMILES string of the molecule is CNc1snc(C)c1C(=O)O[C@@H](C)C(=O)Nc1ccccc1. The Morgan fingerprint density at radius 2 is 1.95 bits per heavy atom. The summed E-state index contributed by atoms with van der Waals surface area (Å²) in [5.41, 5.74) is 1.60. The molecule has 1 aromatic heterocycles. The molecule has 0 radical (unpaired) electrons. The minimum atomic E-state index is -0.906. The average molecular weight is 319 g/mol. The lowest BCUT2D eigenvalue weighted by Gasteiger charge is -2.13. The maximum absolute atomic E-state index is 12.2. The van der Waals surface area contributed by atoms with Gasteiger partial charge in [-0.3, -0.25) is 4.79 Å². The third-order valence-corrected chi connectivity index (χ3v) is 3.94. The van der Waals surface area contributed by atoms with Crippen molar-refractivity contribution in [1.29, 1.82) is 0 Å². The van der Waals surface area contributed by atoms with Gasteiger partial charge in [0.1, 0.15) is 10.6 Å². The highest BCUT2D eigenvalue weighted by atomic mass is 32.1. The quantitative estimate of drug-likeness (QED) is 0.828. The molecule has 0 saturated heterocycles. The van der Waals surface area contributed by atoms with Crippen molar-refractivity contribution in [3.63, 3.8) is 0 Å². The Balaban J connectivity index is 2.02. The van der Waals surface area contributed by atoms with E-state index in [0.29, 0.717) is 21.9 Å². The molecule has 0 aliphatic carbocycles. The summed E-state index contributed by atoms with van der Waals surface area (Å²) < 4.78 is 9.33. The molecule has 116 valence electrons. The highest BCUT2D eigenvalue weighted by molar-refractivity contribution is 7.10. The molecule has 7 heteroatoms. The van der Waals surface area contributed by atoms with Crippen LogP contribution in [0.5, 0.6) is 0 Å². The second-order valence-corrected chi connectivity index (χ2v) is 5.40. The summed E-state index contributed by atoms with van der Waals surface area (Å²) in [6.07, 6.45) is -0.906. The van der Waals surface area contributed by atoms with Crippen LogP contribution in [-0.2, 0) is 9.53 Å². The topological polar surface area (TPSA) is 80.3 Å². The van der Waals surface area contributed by atoms with Crippen molar-refractivity contribution in [2.75, 3.05) is 17.7 Å². The van der Waals surface area contributed by atoms with Gasteiger partial charge in [-0.1, -0.05) is 18.2 Å². The maximum atomic E-state index is 12.2. The molecule has 1 heterocycles. The van der Waals surface area contributed by atoms with Crippen LogP contribution in [0, 0.1) is 6.92 Å². The number of hydrogen-bond acceptors (Lipinski definition) is 6. The first-order valence-corrected chi connectivity index (χ1v) is 7.51. The summed E-state index contributed by atoms with van der Waals surface area (Å²) >= 11 is 1.18. The van der Waals surface area contributed by atoms with E-state index in [4.69, 9.17) is 4.74 Å². The van der Waals surface area contributed by atoms with Crippen LogP contribution >= 0.6 is 11.5 Å². The van der Waals surface area contributed by atoms with Crippen LogP contribution in [0.4, 0.5) is 10.7 Å². The Bertz CT molecular complexity index is 670. The molecule has 22 heavy (non-hydrogen) atoms. The predicted octanol–water partition coefficient (Wildman–Crippen LogP) is 2.68. The van der Waals surface area contributed by atoms with Gasteiger partial charge in [0.15, 0.2) is 6.10 Å². The normalized spacial score (nSPS) is 11.6. The number of amides is 1. The van der Waals surface area contributed by atoms with Crippen LogP contribution in [0.25, 0.3) is 0 Å². The third-order valence-electron chi connectivity index (χ3n) is 2.99. The van der Waals surface area contributed by atoms with Crippen molar-refractivity contribution in [2.24, 2.45) is 0 Å². The Morgan fingerprint density at radius 3 is 2.59 bits per heavy atom. The van der Waals surface area contributed by atoms with Crippen molar-refractivity contribution in [3.8, 4) is 0 Å². The van der Waals surface area contributed by atoms with Gasteiger partial charge in [0, 0.05) is 12.7 Å². The number of benzene rings is 1. The lowest BCUT2D eigenvalue weighted by Crippen LogP contribution is -2.30. The molecule has 0 bridgehead atoms. The number of rotatable bonds is 5. The largest absolute Gasteiger partial charge is 0.449 e. The second-order valence-electron chi connectivity index (χ2n) is 4.62. The van der Waals surface area contributed by atoms with E-state index in [2.05, 4.69) is 15.0 Å². The number of para-hydroxylation sites is 1. The van der Waals surface area contributed by atoms with Gasteiger partial charge in [0.25, 0.3) is 5.91 Å². The summed E-state index contributed by atoms with van der Waals surface area (Å²) in [5.74, 6) is -0.947. The molecule has 2 N–H and O–H groups in total. The number of aromatic nitrogens is 1. The van der Waals surface area contributed by atoms with E-state index in [1.807, 2.05) is 18.2 Å². The highest BCUT2D eigenvalue weighted by Crippen LogP contribution is 2.25. The lowest BCUT2D eigenvalue weighted by molar-refractivity contribution is -0.123. The van der Waals surface area contributed by atoms with Crippen LogP contribution in [0.3, 0.4) is 0 Å². The fraction of sp³-hybridized carbons (Fsp3) is 0.267. The van der Waals surface area contributed by atoms with Gasteiger partial charge < -0.3 is 15.4 Å². The number of anilines is 2. The van der Waals surface area contributed by atoms with E-state index in [-0.39, 0.29) is 5.91 Å². The van der Waals surface area contributed by atoms with Crippen molar-refractivity contribution in [3.05, 3.63) is 41.6 Å². The molecule has 0 fully saturated rings. The van der Waals surface area contributed by atoms with Crippen LogP contribution in [0.15, 0.2) is 30.3 Å². The van der Waals surface area contributed by atoms with Crippen molar-refractivity contribution < 1.29 is 14.3 Å². The summed E-state index contributed by atoms with van der Waals surface area (Å²) in [7, 11) is 1.70. The standard InChI is InChI=1S/C15H17N3O3S/c1-9-12(14(16-3)22-18-9)15(20)21-10(2)13(19)17-11-7-5-4-6-8-11/h4-8,10,16H,1-3H3,(H,17,19)/t10-/m0/s1. The van der Waals surface area contributed by atoms with Crippen LogP contribution < -0.4 is 10.6 Å². The molecule has 0 unspecified atom stereocenters. The predicted molar refractivity (Wildman–Crippen MR) is 86.3 cm³/mol. The number of ether oxygens (including phenoxy) is 1. The molecule has 1 aromatic carbocycles. The van der Waals surface area contributed by atoms with Gasteiger partial charge in [-0.2, -0.15) is 4.37 Å². The van der Waals surface area contributed by atoms with Crippen LogP contribution in [-0.4, -0.2) is 29.4 Å². The third kappa shape index (κ3) is 3.62. The minimum Gasteiger partial charge on any atom is -0.449 e. The number of esters is 1. The highest BCUT2D eigenvalue weighted by Gasteiger charge is 2.24. The summed E-state index contributed by atoms with van der Waals surface area (Å²) in [5, 5.41) is 6.21. The lowest BCUT2D eigenvalue weighted by atomic mass is 10.2. The van der Waals surface area contributed by atoms with Gasteiger partial charge in [-0.15, -0.1) is 0 Å². The number of carbonyl (C=O) groups excluding carboxylic acids is 2. The molecule has 1 amide bonds. The fourth-order valence-corrected chi connectivity index (χ4v) is 2.55. The van der Waals surface area contributed by atoms with Gasteiger partial charge in [0.2, 0.25) is 0 Å². The van der Waals surface area contributed by atoms with Crippen LogP contribution in [0.1, 0.15) is 23.0 Å². The molecule has 1 atom stereocenters. The van der Waals surface area contributed by atoms with Gasteiger partial charge in [-0.05, 0) is 37.5 Å². The van der Waals surface area contributed by atoms with E-state index < -0.39 is 12.1 Å². The van der Waals surface area contributed by atoms with E-state index in [0.717, 1.165) is 0 Å². The molecule has 6 nitrogen and oxygen atoms in total. The molecular weight excluding hydrogens is 302 g/mol. The van der Waals surface area contributed by atoms with Crippen molar-refractivity contribution in [2.45, 2.75) is 20.0 Å². The average Bonchev–Trinajstić information content (AvgIpc) is 2.89. The number of aryl methyl sites for hydroxylation is 1. The number of hydrogen-bond donors (Lipinski definition) is 2. The fourth-order valence-electron chi connectivity index (χ4n) is 1.82. The molecule has 2 rings (SSSR count).